The summed E-state index contributed by atoms with van der Waals surface area (Å²) in [4.78, 5) is 37.8. The average molecular weight is 530 g/mol. The molecule has 6 nitrogen and oxygen atoms in total. The number of ketones is 1. The van der Waals surface area contributed by atoms with Gasteiger partial charge in [0.25, 0.3) is 11.8 Å². The third-order valence-electron chi connectivity index (χ3n) is 6.53. The molecule has 2 amide bonds. The van der Waals surface area contributed by atoms with Gasteiger partial charge >= 0.3 is 0 Å². The normalized spacial score (nSPS) is 12.2. The summed E-state index contributed by atoms with van der Waals surface area (Å²) in [6.45, 7) is 0. The molecule has 1 aliphatic carbocycles. The first-order valence-corrected chi connectivity index (χ1v) is 12.1. The molecule has 0 radical (unpaired) electrons. The van der Waals surface area contributed by atoms with E-state index in [2.05, 4.69) is 16.0 Å². The van der Waals surface area contributed by atoms with Crippen LogP contribution in [0.5, 0.6) is 0 Å². The highest BCUT2D eigenvalue weighted by atomic mass is 19.1. The summed E-state index contributed by atoms with van der Waals surface area (Å²) in [5.74, 6) is -3.77. The number of carbonyl (C=O) groups excluding carboxylic acids is 3. The number of halogens is 3. The van der Waals surface area contributed by atoms with Crippen molar-refractivity contribution in [3.63, 3.8) is 0 Å². The van der Waals surface area contributed by atoms with Crippen LogP contribution in [0.15, 0.2) is 72.8 Å². The Labute approximate surface area is 221 Å². The molecule has 3 N–H and O–H groups in total. The molecule has 0 saturated carbocycles. The van der Waals surface area contributed by atoms with E-state index in [1.165, 1.54) is 25.2 Å². The van der Waals surface area contributed by atoms with Crippen molar-refractivity contribution in [2.75, 3.05) is 17.7 Å². The van der Waals surface area contributed by atoms with Gasteiger partial charge in [0.1, 0.15) is 17.5 Å². The van der Waals surface area contributed by atoms with Crippen LogP contribution in [-0.2, 0) is 12.8 Å². The van der Waals surface area contributed by atoms with E-state index in [0.29, 0.717) is 41.3 Å². The lowest BCUT2D eigenvalue weighted by atomic mass is 9.96. The Kier molecular flexibility index (Phi) is 6.89. The summed E-state index contributed by atoms with van der Waals surface area (Å²) < 4.78 is 42.6. The van der Waals surface area contributed by atoms with Crippen LogP contribution < -0.4 is 16.0 Å². The Balaban J connectivity index is 1.40. The second kappa shape index (κ2) is 10.4. The van der Waals surface area contributed by atoms with Gasteiger partial charge in [-0.15, -0.1) is 0 Å². The molecule has 0 aromatic heterocycles. The lowest BCUT2D eigenvalue weighted by Crippen LogP contribution is -2.18. The molecule has 4 aromatic rings. The molecule has 0 bridgehead atoms. The smallest absolute Gasteiger partial charge is 0.255 e. The second-order valence-corrected chi connectivity index (χ2v) is 9.05. The van der Waals surface area contributed by atoms with E-state index in [1.807, 2.05) is 0 Å². The topological polar surface area (TPSA) is 87.3 Å². The van der Waals surface area contributed by atoms with Gasteiger partial charge in [-0.2, -0.15) is 0 Å². The largest absolute Gasteiger partial charge is 0.355 e. The van der Waals surface area contributed by atoms with Crippen LogP contribution in [-0.4, -0.2) is 24.6 Å². The zero-order valence-electron chi connectivity index (χ0n) is 20.7. The van der Waals surface area contributed by atoms with Crippen molar-refractivity contribution in [2.45, 2.75) is 12.8 Å². The fourth-order valence-electron chi connectivity index (χ4n) is 4.53. The minimum atomic E-state index is -0.996. The van der Waals surface area contributed by atoms with Crippen LogP contribution in [0.2, 0.25) is 0 Å². The highest BCUT2D eigenvalue weighted by molar-refractivity contribution is 6.12. The third-order valence-corrected chi connectivity index (χ3v) is 6.53. The maximum Gasteiger partial charge on any atom is 0.255 e. The molecule has 5 rings (SSSR count). The first kappa shape index (κ1) is 25.7. The summed E-state index contributed by atoms with van der Waals surface area (Å²) >= 11 is 0. The Bertz CT molecular complexity index is 1650. The molecule has 9 heteroatoms. The summed E-state index contributed by atoms with van der Waals surface area (Å²) in [7, 11) is 1.52. The molecule has 1 aliphatic rings. The molecule has 0 spiro atoms. The van der Waals surface area contributed by atoms with E-state index in [0.717, 1.165) is 23.3 Å². The molecule has 39 heavy (non-hydrogen) atoms. The van der Waals surface area contributed by atoms with Gasteiger partial charge in [-0.1, -0.05) is 12.1 Å². The Morgan fingerprint density at radius 2 is 1.46 bits per heavy atom. The zero-order chi connectivity index (χ0) is 27.7. The van der Waals surface area contributed by atoms with Gasteiger partial charge in [-0.3, -0.25) is 14.4 Å². The minimum absolute atomic E-state index is 0.0212. The van der Waals surface area contributed by atoms with E-state index in [-0.39, 0.29) is 28.6 Å². The van der Waals surface area contributed by atoms with E-state index in [4.69, 9.17) is 0 Å². The summed E-state index contributed by atoms with van der Waals surface area (Å²) in [6.07, 6.45) is 1.09. The highest BCUT2D eigenvalue weighted by Crippen LogP contribution is 2.31. The lowest BCUT2D eigenvalue weighted by Gasteiger charge is -2.14. The molecular weight excluding hydrogens is 507 g/mol. The molecular formula is C30H22F3N3O3. The SMILES string of the molecule is CNC(=O)c1ccc2c(c1)C(=O)c1ccc(Nc3cc(NC(=O)c4cccc(F)c4)c(F)cc3F)cc1CC2. The van der Waals surface area contributed by atoms with Gasteiger partial charge in [0.05, 0.1) is 11.4 Å². The number of carbonyl (C=O) groups is 3. The molecule has 0 fully saturated rings. The number of aryl methyl sites for hydroxylation is 2. The Morgan fingerprint density at radius 3 is 2.23 bits per heavy atom. The quantitative estimate of drug-likeness (QED) is 0.306. The number of benzene rings is 4. The molecule has 196 valence electrons. The van der Waals surface area contributed by atoms with E-state index >= 15 is 0 Å². The Hall–Kier alpha value is -4.92. The first-order chi connectivity index (χ1) is 18.7. The predicted octanol–water partition coefficient (Wildman–Crippen LogP) is 5.79. The summed E-state index contributed by atoms with van der Waals surface area (Å²) in [5.41, 5.74) is 2.89. The van der Waals surface area contributed by atoms with Gasteiger partial charge < -0.3 is 16.0 Å². The van der Waals surface area contributed by atoms with Gasteiger partial charge in [0.2, 0.25) is 0 Å². The van der Waals surface area contributed by atoms with Crippen LogP contribution >= 0.6 is 0 Å². The van der Waals surface area contributed by atoms with Crippen molar-refractivity contribution in [1.82, 2.24) is 5.32 Å². The monoisotopic (exact) mass is 529 g/mol. The molecule has 0 saturated heterocycles. The van der Waals surface area contributed by atoms with Crippen molar-refractivity contribution in [3.05, 3.63) is 124 Å². The van der Waals surface area contributed by atoms with Gasteiger partial charge in [0, 0.05) is 41.1 Å². The lowest BCUT2D eigenvalue weighted by molar-refractivity contribution is 0.0962. The molecule has 0 atom stereocenters. The van der Waals surface area contributed by atoms with Gasteiger partial charge in [-0.05, 0) is 78.6 Å². The molecule has 4 aromatic carbocycles. The molecule has 0 aliphatic heterocycles. The standard InChI is InChI=1S/C30H22F3N3O3/c1-34-29(38)19-8-6-16-5-7-17-12-21(9-10-22(17)28(37)23(16)13-19)35-26-15-27(25(33)14-24(26)32)36-30(39)18-3-2-4-20(31)11-18/h2-4,6,8-15,35H,5,7H2,1H3,(H,34,38)(H,36,39). The number of nitrogens with one attached hydrogen (secondary N) is 3. The van der Waals surface area contributed by atoms with Crippen LogP contribution in [0.1, 0.15) is 47.8 Å². The number of fused-ring (bicyclic) bond motifs is 2. The maximum atomic E-state index is 14.7. The number of amides is 2. The number of anilines is 3. The van der Waals surface area contributed by atoms with Gasteiger partial charge in [-0.25, -0.2) is 13.2 Å². The van der Waals surface area contributed by atoms with Crippen LogP contribution in [0.25, 0.3) is 0 Å². The number of rotatable bonds is 5. The molecule has 0 unspecified atom stereocenters. The number of hydrogen-bond donors (Lipinski definition) is 3. The molecule has 0 heterocycles. The Morgan fingerprint density at radius 1 is 0.718 bits per heavy atom. The van der Waals surface area contributed by atoms with E-state index in [9.17, 15) is 27.6 Å². The fraction of sp³-hybridized carbons (Fsp3) is 0.100. The summed E-state index contributed by atoms with van der Waals surface area (Å²) in [6, 6.07) is 16.6. The van der Waals surface area contributed by atoms with Crippen LogP contribution in [0.3, 0.4) is 0 Å². The van der Waals surface area contributed by atoms with Gasteiger partial charge in [0.15, 0.2) is 5.78 Å². The fourth-order valence-corrected chi connectivity index (χ4v) is 4.53. The van der Waals surface area contributed by atoms with Crippen molar-refractivity contribution < 1.29 is 27.6 Å². The van der Waals surface area contributed by atoms with E-state index < -0.39 is 23.4 Å². The number of hydrogen-bond acceptors (Lipinski definition) is 4. The summed E-state index contributed by atoms with van der Waals surface area (Å²) in [5, 5.41) is 7.77. The van der Waals surface area contributed by atoms with Crippen LogP contribution in [0.4, 0.5) is 30.2 Å². The second-order valence-electron chi connectivity index (χ2n) is 9.05. The van der Waals surface area contributed by atoms with Crippen molar-refractivity contribution in [2.24, 2.45) is 0 Å². The first-order valence-electron chi connectivity index (χ1n) is 12.1. The van der Waals surface area contributed by atoms with Crippen molar-refractivity contribution >= 4 is 34.7 Å². The van der Waals surface area contributed by atoms with Crippen molar-refractivity contribution in [1.29, 1.82) is 0 Å². The third kappa shape index (κ3) is 5.24. The maximum absolute atomic E-state index is 14.7. The highest BCUT2D eigenvalue weighted by Gasteiger charge is 2.23. The van der Waals surface area contributed by atoms with Crippen LogP contribution in [0, 0.1) is 17.5 Å². The minimum Gasteiger partial charge on any atom is -0.355 e. The predicted molar refractivity (Wildman–Crippen MR) is 141 cm³/mol. The van der Waals surface area contributed by atoms with E-state index in [1.54, 1.807) is 36.4 Å². The van der Waals surface area contributed by atoms with Crippen molar-refractivity contribution in [3.8, 4) is 0 Å². The average Bonchev–Trinajstić information content (AvgIpc) is 3.06. The zero-order valence-corrected chi connectivity index (χ0v) is 20.7.